The average molecular weight is 948 g/mol. The first-order chi connectivity index (χ1) is 36.6. The van der Waals surface area contributed by atoms with Gasteiger partial charge in [-0.2, -0.15) is 0 Å². The van der Waals surface area contributed by atoms with Crippen LogP contribution in [0.5, 0.6) is 0 Å². The van der Waals surface area contributed by atoms with Gasteiger partial charge in [0.25, 0.3) is 5.56 Å². The quantitative estimate of drug-likeness (QED) is 0.168. The summed E-state index contributed by atoms with van der Waals surface area (Å²) in [5.74, 6) is 0.284. The van der Waals surface area contributed by atoms with Gasteiger partial charge in [-0.15, -0.1) is 0 Å². The second kappa shape index (κ2) is 15.6. The number of benzene rings is 8. The molecule has 0 aliphatic heterocycles. The minimum Gasteiger partial charge on any atom is -0.277 e. The standard InChI is InChI=1S/C72H53NO/c1-2-17-44-34-40-64-57(42-44)53-21-7-12-29-61(53)72(64)63-31-14-8-23-55(63)68-48(25-15-32-65(68)72)45-35-38-47(39-36-45)73-67-41-37-46(43-58(67)50-18-3-4-22-54(50)70(73)74)49-26-16-33-66-69(49)56-24-9-13-30-62(56)71(66)59-27-10-5-19-51(59)52-20-6-11-28-60(52)71/h4-16,19-35,37-42,45-46H,2-3,17-18,36,43H2,1H3. The van der Waals surface area contributed by atoms with E-state index in [4.69, 9.17) is 0 Å². The molecule has 0 fully saturated rings. The summed E-state index contributed by atoms with van der Waals surface area (Å²) in [4.78, 5) is 15.0. The molecule has 1 heterocycles. The molecule has 16 rings (SSSR count). The van der Waals surface area contributed by atoms with Crippen molar-refractivity contribution in [2.24, 2.45) is 0 Å². The van der Waals surface area contributed by atoms with Crippen LogP contribution in [0.1, 0.15) is 122 Å². The van der Waals surface area contributed by atoms with Crippen LogP contribution in [-0.4, -0.2) is 4.57 Å². The maximum atomic E-state index is 15.0. The summed E-state index contributed by atoms with van der Waals surface area (Å²) >= 11 is 0. The van der Waals surface area contributed by atoms with Crippen molar-refractivity contribution in [3.8, 4) is 44.5 Å². The molecule has 0 bridgehead atoms. The Balaban J connectivity index is 0.795. The lowest BCUT2D eigenvalue weighted by Crippen LogP contribution is -2.30. The van der Waals surface area contributed by atoms with E-state index in [2.05, 4.69) is 225 Å². The summed E-state index contributed by atoms with van der Waals surface area (Å²) in [6, 6.07) is 67.0. The van der Waals surface area contributed by atoms with Crippen LogP contribution in [0.3, 0.4) is 0 Å². The molecule has 7 aliphatic carbocycles. The van der Waals surface area contributed by atoms with E-state index in [9.17, 15) is 0 Å². The normalized spacial score (nSPS) is 19.7. The Morgan fingerprint density at radius 2 is 1.01 bits per heavy atom. The number of hydrogen-bond donors (Lipinski definition) is 0. The summed E-state index contributed by atoms with van der Waals surface area (Å²) in [6.45, 7) is 2.27. The molecule has 2 heteroatoms. The molecule has 0 saturated carbocycles. The average Bonchev–Trinajstić information content (AvgIpc) is 4.32. The zero-order valence-corrected chi connectivity index (χ0v) is 41.5. The largest absolute Gasteiger partial charge is 0.277 e. The zero-order valence-electron chi connectivity index (χ0n) is 41.5. The Morgan fingerprint density at radius 1 is 0.500 bits per heavy atom. The van der Waals surface area contributed by atoms with Gasteiger partial charge in [-0.1, -0.05) is 220 Å². The van der Waals surface area contributed by atoms with E-state index < -0.39 is 0 Å². The summed E-state index contributed by atoms with van der Waals surface area (Å²) < 4.78 is 2.05. The highest BCUT2D eigenvalue weighted by Crippen LogP contribution is 2.66. The molecule has 0 radical (unpaired) electrons. The van der Waals surface area contributed by atoms with Crippen LogP contribution < -0.4 is 5.56 Å². The van der Waals surface area contributed by atoms with Crippen LogP contribution >= 0.6 is 0 Å². The molecule has 9 aromatic rings. The minimum atomic E-state index is -0.386. The van der Waals surface area contributed by atoms with Crippen molar-refractivity contribution in [3.63, 3.8) is 0 Å². The first-order valence-electron chi connectivity index (χ1n) is 27.0. The minimum absolute atomic E-state index is 0.0827. The van der Waals surface area contributed by atoms with Crippen molar-refractivity contribution < 1.29 is 0 Å². The SMILES string of the molecule is CCCc1ccc2c(c1)-c1ccccc1C21c2ccccc2-c2c(C3C=CC(n4c5c(c6c(c4=O)C=CCC6)CC(c4cccc6c4-c4ccccc4C64c6ccccc6-c6ccccc64)C=C5)=CC3)cccc21. The van der Waals surface area contributed by atoms with Gasteiger partial charge in [-0.25, -0.2) is 0 Å². The van der Waals surface area contributed by atoms with Crippen molar-refractivity contribution in [3.05, 3.63) is 300 Å². The third kappa shape index (κ3) is 5.33. The van der Waals surface area contributed by atoms with Crippen molar-refractivity contribution in [1.82, 2.24) is 4.57 Å². The molecule has 2 spiro atoms. The van der Waals surface area contributed by atoms with Crippen LogP contribution in [0.4, 0.5) is 0 Å². The number of hydrogen-bond acceptors (Lipinski definition) is 1. The number of rotatable bonds is 5. The van der Waals surface area contributed by atoms with E-state index in [0.29, 0.717) is 0 Å². The Morgan fingerprint density at radius 3 is 1.59 bits per heavy atom. The second-order valence-electron chi connectivity index (χ2n) is 21.7. The van der Waals surface area contributed by atoms with Crippen molar-refractivity contribution in [1.29, 1.82) is 0 Å². The monoisotopic (exact) mass is 947 g/mol. The summed E-state index contributed by atoms with van der Waals surface area (Å²) in [5.41, 5.74) is 30.5. The van der Waals surface area contributed by atoms with Crippen LogP contribution in [0.2, 0.25) is 0 Å². The van der Waals surface area contributed by atoms with E-state index in [1.54, 1.807) is 0 Å². The van der Waals surface area contributed by atoms with Gasteiger partial charge < -0.3 is 0 Å². The molecule has 1 aromatic heterocycles. The molecular weight excluding hydrogens is 895 g/mol. The van der Waals surface area contributed by atoms with E-state index in [1.165, 1.54) is 117 Å². The third-order valence-corrected chi connectivity index (χ3v) is 18.4. The molecule has 352 valence electrons. The van der Waals surface area contributed by atoms with Crippen molar-refractivity contribution in [2.45, 2.75) is 68.1 Å². The predicted octanol–water partition coefficient (Wildman–Crippen LogP) is 16.4. The van der Waals surface area contributed by atoms with E-state index in [-0.39, 0.29) is 28.2 Å². The molecule has 0 saturated heterocycles. The number of aryl methyl sites for hydroxylation is 1. The van der Waals surface area contributed by atoms with Crippen LogP contribution in [0.25, 0.3) is 62.4 Å². The second-order valence-corrected chi connectivity index (χ2v) is 21.7. The van der Waals surface area contributed by atoms with Crippen molar-refractivity contribution in [2.75, 3.05) is 0 Å². The number of allylic oxidation sites excluding steroid dienone is 6. The van der Waals surface area contributed by atoms with E-state index in [0.717, 1.165) is 55.5 Å². The van der Waals surface area contributed by atoms with Crippen molar-refractivity contribution >= 4 is 17.8 Å². The molecule has 3 unspecified atom stereocenters. The first kappa shape index (κ1) is 42.2. The van der Waals surface area contributed by atoms with Gasteiger partial charge in [0.15, 0.2) is 0 Å². The molecule has 3 atom stereocenters. The zero-order chi connectivity index (χ0) is 48.9. The predicted molar refractivity (Wildman–Crippen MR) is 304 cm³/mol. The Kier molecular flexibility index (Phi) is 8.89. The van der Waals surface area contributed by atoms with Gasteiger partial charge in [-0.3, -0.25) is 9.36 Å². The lowest BCUT2D eigenvalue weighted by molar-refractivity contribution is 0.768. The molecule has 0 N–H and O–H groups in total. The molecular formula is C72H53NO. The Bertz CT molecular complexity index is 4100. The smallest absolute Gasteiger partial charge is 0.263 e. The highest BCUT2D eigenvalue weighted by Gasteiger charge is 2.54. The Hall–Kier alpha value is -8.33. The van der Waals surface area contributed by atoms with E-state index in [1.807, 2.05) is 4.57 Å². The van der Waals surface area contributed by atoms with Gasteiger partial charge in [0.2, 0.25) is 0 Å². The lowest BCUT2D eigenvalue weighted by Gasteiger charge is -2.31. The maximum Gasteiger partial charge on any atom is 0.263 e. The number of fused-ring (bicyclic) bond motifs is 23. The molecule has 7 aliphatic rings. The van der Waals surface area contributed by atoms with Gasteiger partial charge in [0, 0.05) is 23.1 Å². The van der Waals surface area contributed by atoms with Gasteiger partial charge in [-0.05, 0) is 161 Å². The van der Waals surface area contributed by atoms with Crippen LogP contribution in [0.15, 0.2) is 211 Å². The lowest BCUT2D eigenvalue weighted by atomic mass is 9.70. The maximum absolute atomic E-state index is 15.0. The third-order valence-electron chi connectivity index (χ3n) is 18.4. The van der Waals surface area contributed by atoms with Gasteiger partial charge in [0.05, 0.1) is 16.5 Å². The van der Waals surface area contributed by atoms with E-state index >= 15 is 4.79 Å². The summed E-state index contributed by atoms with van der Waals surface area (Å²) in [6.07, 6.45) is 21.7. The fourth-order valence-electron chi connectivity index (χ4n) is 15.6. The fourth-order valence-corrected chi connectivity index (χ4v) is 15.6. The number of pyridine rings is 1. The van der Waals surface area contributed by atoms with Crippen LogP contribution in [0, 0.1) is 0 Å². The fraction of sp³-hybridized carbons (Fsp3) is 0.153. The number of nitrogens with zero attached hydrogens (tertiary/aromatic N) is 1. The summed E-state index contributed by atoms with van der Waals surface area (Å²) in [5, 5.41) is 0. The van der Waals surface area contributed by atoms with Gasteiger partial charge in [0.1, 0.15) is 0 Å². The van der Waals surface area contributed by atoms with Crippen LogP contribution in [-0.2, 0) is 30.1 Å². The van der Waals surface area contributed by atoms with Gasteiger partial charge >= 0.3 is 0 Å². The highest BCUT2D eigenvalue weighted by molar-refractivity contribution is 5.98. The molecule has 0 amide bonds. The number of aromatic nitrogens is 1. The topological polar surface area (TPSA) is 22.0 Å². The highest BCUT2D eigenvalue weighted by atomic mass is 16.1. The Labute approximate surface area is 433 Å². The molecule has 8 aromatic carbocycles. The summed E-state index contributed by atoms with van der Waals surface area (Å²) in [7, 11) is 0. The molecule has 2 nitrogen and oxygen atoms in total. The first-order valence-corrected chi connectivity index (χ1v) is 27.0. The molecule has 74 heavy (non-hydrogen) atoms.